The van der Waals surface area contributed by atoms with Crippen LogP contribution in [0.15, 0.2) is 29.2 Å². The number of hydrogen-bond acceptors (Lipinski definition) is 5. The quantitative estimate of drug-likeness (QED) is 0.375. The van der Waals surface area contributed by atoms with Gasteiger partial charge >= 0.3 is 0 Å². The molecule has 4 saturated carbocycles. The van der Waals surface area contributed by atoms with Crippen molar-refractivity contribution in [2.24, 2.45) is 28.9 Å². The Labute approximate surface area is 204 Å². The summed E-state index contributed by atoms with van der Waals surface area (Å²) in [5.41, 5.74) is 9.98. The van der Waals surface area contributed by atoms with Gasteiger partial charge in [0.25, 0.3) is 5.91 Å². The molecule has 0 radical (unpaired) electrons. The van der Waals surface area contributed by atoms with Crippen molar-refractivity contribution in [1.82, 2.24) is 15.6 Å². The van der Waals surface area contributed by atoms with Gasteiger partial charge in [0.1, 0.15) is 6.04 Å². The third kappa shape index (κ3) is 5.90. The predicted molar refractivity (Wildman–Crippen MR) is 125 cm³/mol. The van der Waals surface area contributed by atoms with Gasteiger partial charge in [-0.15, -0.1) is 0 Å². The van der Waals surface area contributed by atoms with Crippen LogP contribution in [0.2, 0.25) is 5.02 Å². The van der Waals surface area contributed by atoms with Crippen LogP contribution in [0.4, 0.5) is 0 Å². The summed E-state index contributed by atoms with van der Waals surface area (Å²) in [6.07, 6.45) is 6.97. The lowest BCUT2D eigenvalue weighted by molar-refractivity contribution is -0.134. The van der Waals surface area contributed by atoms with E-state index < -0.39 is 27.9 Å². The van der Waals surface area contributed by atoms with Gasteiger partial charge in [-0.3, -0.25) is 25.2 Å². The van der Waals surface area contributed by atoms with Crippen molar-refractivity contribution < 1.29 is 22.8 Å². The molecular formula is C23H31ClN4O5S. The third-order valence-electron chi connectivity index (χ3n) is 7.44. The Morgan fingerprint density at radius 3 is 2.09 bits per heavy atom. The van der Waals surface area contributed by atoms with Crippen LogP contribution in [0.5, 0.6) is 0 Å². The number of rotatable bonds is 9. The monoisotopic (exact) mass is 510 g/mol. The van der Waals surface area contributed by atoms with Gasteiger partial charge in [-0.2, -0.15) is 4.72 Å². The normalized spacial score (nSPS) is 28.3. The van der Waals surface area contributed by atoms with Crippen molar-refractivity contribution in [3.63, 3.8) is 0 Å². The number of sulfonamides is 1. The largest absolute Gasteiger partial charge is 0.370 e. The lowest BCUT2D eigenvalue weighted by Crippen LogP contribution is -2.54. The molecular weight excluding hydrogens is 480 g/mol. The van der Waals surface area contributed by atoms with E-state index in [1.54, 1.807) is 0 Å². The van der Waals surface area contributed by atoms with Gasteiger partial charge in [0.15, 0.2) is 0 Å². The summed E-state index contributed by atoms with van der Waals surface area (Å²) in [6.45, 7) is 0. The summed E-state index contributed by atoms with van der Waals surface area (Å²) in [7, 11) is -4.08. The highest BCUT2D eigenvalue weighted by molar-refractivity contribution is 7.89. The fraction of sp³-hybridized carbons (Fsp3) is 0.609. The molecule has 5 rings (SSSR count). The van der Waals surface area contributed by atoms with E-state index in [1.165, 1.54) is 43.5 Å². The Morgan fingerprint density at radius 2 is 1.56 bits per heavy atom. The maximum absolute atomic E-state index is 12.8. The van der Waals surface area contributed by atoms with Gasteiger partial charge in [-0.05, 0) is 92.4 Å². The fourth-order valence-electron chi connectivity index (χ4n) is 6.51. The van der Waals surface area contributed by atoms with Crippen LogP contribution in [-0.4, -0.2) is 32.2 Å². The lowest BCUT2D eigenvalue weighted by Gasteiger charge is -2.56. The molecule has 0 aliphatic heterocycles. The zero-order chi connectivity index (χ0) is 24.5. The zero-order valence-electron chi connectivity index (χ0n) is 18.9. The number of carbonyl (C=O) groups is 3. The lowest BCUT2D eigenvalue weighted by atomic mass is 9.49. The van der Waals surface area contributed by atoms with Gasteiger partial charge in [0, 0.05) is 17.9 Å². The minimum absolute atomic E-state index is 0.00506. The molecule has 9 nitrogen and oxygen atoms in total. The van der Waals surface area contributed by atoms with E-state index in [9.17, 15) is 22.8 Å². The topological polar surface area (TPSA) is 147 Å². The SMILES string of the molecule is NC(=O)CC[C@H](NS(=O)(=O)c1ccc(Cl)cc1)C(=O)NNC(=O)CC12CC3CC(CC(C3)C1)C2. The highest BCUT2D eigenvalue weighted by Gasteiger charge is 2.51. The molecule has 34 heavy (non-hydrogen) atoms. The Kier molecular flexibility index (Phi) is 7.21. The summed E-state index contributed by atoms with van der Waals surface area (Å²) in [4.78, 5) is 36.6. The summed E-state index contributed by atoms with van der Waals surface area (Å²) in [5, 5.41) is 0.365. The molecule has 4 fully saturated rings. The minimum Gasteiger partial charge on any atom is -0.370 e. The summed E-state index contributed by atoms with van der Waals surface area (Å²) in [5.74, 6) is 0.383. The first-order valence-electron chi connectivity index (χ1n) is 11.7. The standard InChI is InChI=1S/C23H31ClN4O5S/c24-17-1-3-18(4-2-17)34(32,33)28-19(5-6-20(25)29)22(31)27-26-21(30)13-23-10-14-7-15(11-23)9-16(8-14)12-23/h1-4,14-16,19,28H,5-13H2,(H2,25,29)(H,26,30)(H,27,31)/t14?,15?,16?,19-,23?/m0/s1. The van der Waals surface area contributed by atoms with Crippen LogP contribution >= 0.6 is 11.6 Å². The molecule has 0 unspecified atom stereocenters. The van der Waals surface area contributed by atoms with Crippen LogP contribution < -0.4 is 21.3 Å². The molecule has 186 valence electrons. The van der Waals surface area contributed by atoms with Crippen LogP contribution in [0.25, 0.3) is 0 Å². The second-order valence-corrected chi connectivity index (χ2v) is 12.4. The molecule has 4 aliphatic rings. The average molecular weight is 511 g/mol. The number of carbonyl (C=O) groups excluding carboxylic acids is 3. The number of hydrazine groups is 1. The highest BCUT2D eigenvalue weighted by Crippen LogP contribution is 2.61. The number of benzene rings is 1. The van der Waals surface area contributed by atoms with Crippen LogP contribution in [0, 0.1) is 23.2 Å². The van der Waals surface area contributed by atoms with Crippen LogP contribution in [0.3, 0.4) is 0 Å². The molecule has 3 amide bonds. The van der Waals surface area contributed by atoms with E-state index in [-0.39, 0.29) is 29.1 Å². The number of amides is 3. The first-order chi connectivity index (χ1) is 16.0. The van der Waals surface area contributed by atoms with Crippen molar-refractivity contribution >= 4 is 39.3 Å². The minimum atomic E-state index is -4.08. The molecule has 5 N–H and O–H groups in total. The van der Waals surface area contributed by atoms with Gasteiger partial charge in [-0.1, -0.05) is 11.6 Å². The van der Waals surface area contributed by atoms with Crippen molar-refractivity contribution in [1.29, 1.82) is 0 Å². The maximum Gasteiger partial charge on any atom is 0.256 e. The van der Waals surface area contributed by atoms with Crippen molar-refractivity contribution in [3.8, 4) is 0 Å². The molecule has 1 atom stereocenters. The molecule has 1 aromatic rings. The van der Waals surface area contributed by atoms with Gasteiger partial charge in [0.2, 0.25) is 21.8 Å². The first kappa shape index (κ1) is 24.9. The number of halogens is 1. The Balaban J connectivity index is 1.36. The predicted octanol–water partition coefficient (Wildman–Crippen LogP) is 2.01. The van der Waals surface area contributed by atoms with Crippen molar-refractivity contribution in [3.05, 3.63) is 29.3 Å². The van der Waals surface area contributed by atoms with E-state index in [4.69, 9.17) is 17.3 Å². The summed E-state index contributed by atoms with van der Waals surface area (Å²) < 4.78 is 27.7. The number of hydrogen-bond donors (Lipinski definition) is 4. The van der Waals surface area contributed by atoms with E-state index in [0.717, 1.165) is 19.3 Å². The fourth-order valence-corrected chi connectivity index (χ4v) is 7.86. The molecule has 0 heterocycles. The second kappa shape index (κ2) is 9.83. The van der Waals surface area contributed by atoms with E-state index in [2.05, 4.69) is 15.6 Å². The van der Waals surface area contributed by atoms with Gasteiger partial charge in [-0.25, -0.2) is 8.42 Å². The van der Waals surface area contributed by atoms with Crippen LogP contribution in [0.1, 0.15) is 57.8 Å². The van der Waals surface area contributed by atoms with E-state index >= 15 is 0 Å². The number of nitrogens with one attached hydrogen (secondary N) is 3. The average Bonchev–Trinajstić information content (AvgIpc) is 2.74. The summed E-state index contributed by atoms with van der Waals surface area (Å²) in [6, 6.07) is 4.15. The molecule has 4 bridgehead atoms. The smallest absolute Gasteiger partial charge is 0.256 e. The molecule has 0 aromatic heterocycles. The van der Waals surface area contributed by atoms with E-state index in [0.29, 0.717) is 29.2 Å². The summed E-state index contributed by atoms with van der Waals surface area (Å²) >= 11 is 5.81. The molecule has 11 heteroatoms. The highest BCUT2D eigenvalue weighted by atomic mass is 35.5. The maximum atomic E-state index is 12.8. The van der Waals surface area contributed by atoms with Crippen molar-refractivity contribution in [2.75, 3.05) is 0 Å². The number of nitrogens with two attached hydrogens (primary N) is 1. The Bertz CT molecular complexity index is 1020. The van der Waals surface area contributed by atoms with E-state index in [1.807, 2.05) is 0 Å². The molecule has 0 spiro atoms. The third-order valence-corrected chi connectivity index (χ3v) is 9.18. The number of primary amides is 1. The first-order valence-corrected chi connectivity index (χ1v) is 13.5. The Hall–Kier alpha value is -2.17. The molecule has 1 aromatic carbocycles. The molecule has 0 saturated heterocycles. The molecule has 4 aliphatic carbocycles. The van der Waals surface area contributed by atoms with Gasteiger partial charge < -0.3 is 5.73 Å². The van der Waals surface area contributed by atoms with Crippen molar-refractivity contribution in [2.45, 2.75) is 68.7 Å². The Morgan fingerprint density at radius 1 is 1.00 bits per heavy atom. The second-order valence-electron chi connectivity index (χ2n) is 10.3. The van der Waals surface area contributed by atoms with Gasteiger partial charge in [0.05, 0.1) is 4.90 Å². The zero-order valence-corrected chi connectivity index (χ0v) is 20.5. The van der Waals surface area contributed by atoms with Crippen LogP contribution in [-0.2, 0) is 24.4 Å².